The van der Waals surface area contributed by atoms with Crippen LogP contribution >= 0.6 is 11.6 Å². The Morgan fingerprint density at radius 3 is 2.36 bits per heavy atom. The molecule has 0 fully saturated rings. The van der Waals surface area contributed by atoms with Crippen LogP contribution in [-0.4, -0.2) is 4.92 Å². The van der Waals surface area contributed by atoms with Crippen molar-refractivity contribution in [2.75, 3.05) is 0 Å². The molecule has 3 aromatic rings. The number of benzene rings is 2. The minimum atomic E-state index is -0.453. The molecule has 0 saturated heterocycles. The summed E-state index contributed by atoms with van der Waals surface area (Å²) in [6.07, 6.45) is 1.64. The van der Waals surface area contributed by atoms with Crippen LogP contribution in [0.5, 0.6) is 0 Å². The van der Waals surface area contributed by atoms with E-state index < -0.39 is 4.92 Å². The van der Waals surface area contributed by atoms with Gasteiger partial charge in [0.15, 0.2) is 0 Å². The second-order valence-corrected chi connectivity index (χ2v) is 5.62. The SMILES string of the molecule is N#C/C(=C\c1ccc(-c2ccc([N+](=O)[O-])cc2)o1)c1ccc(Cl)cc1. The van der Waals surface area contributed by atoms with E-state index in [-0.39, 0.29) is 5.69 Å². The summed E-state index contributed by atoms with van der Waals surface area (Å²) in [7, 11) is 0. The number of nitrogens with zero attached hydrogens (tertiary/aromatic N) is 2. The molecule has 0 bridgehead atoms. The van der Waals surface area contributed by atoms with E-state index in [1.807, 2.05) is 0 Å². The number of non-ortho nitro benzene ring substituents is 1. The van der Waals surface area contributed by atoms with Gasteiger partial charge in [-0.05, 0) is 48.0 Å². The molecule has 0 atom stereocenters. The van der Waals surface area contributed by atoms with Crippen LogP contribution < -0.4 is 0 Å². The molecule has 122 valence electrons. The number of hydrogen-bond donors (Lipinski definition) is 0. The van der Waals surface area contributed by atoms with Gasteiger partial charge in [0.25, 0.3) is 5.69 Å². The van der Waals surface area contributed by atoms with Crippen LogP contribution in [0, 0.1) is 21.4 Å². The first-order valence-electron chi connectivity index (χ1n) is 7.29. The number of nitro groups is 1. The molecule has 0 unspecified atom stereocenters. The Balaban J connectivity index is 1.88. The van der Waals surface area contributed by atoms with Crippen molar-refractivity contribution >= 4 is 28.9 Å². The van der Waals surface area contributed by atoms with Gasteiger partial charge in [-0.15, -0.1) is 0 Å². The summed E-state index contributed by atoms with van der Waals surface area (Å²) in [5.74, 6) is 1.08. The van der Waals surface area contributed by atoms with Crippen molar-refractivity contribution < 1.29 is 9.34 Å². The van der Waals surface area contributed by atoms with Crippen molar-refractivity contribution in [3.05, 3.63) is 87.1 Å². The first-order chi connectivity index (χ1) is 12.1. The summed E-state index contributed by atoms with van der Waals surface area (Å²) in [6.45, 7) is 0. The number of nitro benzene ring substituents is 1. The van der Waals surface area contributed by atoms with Crippen LogP contribution in [0.4, 0.5) is 5.69 Å². The Labute approximate surface area is 148 Å². The van der Waals surface area contributed by atoms with Gasteiger partial charge in [0.2, 0.25) is 0 Å². The fourth-order valence-corrected chi connectivity index (χ4v) is 2.41. The summed E-state index contributed by atoms with van der Waals surface area (Å²) in [5.41, 5.74) is 1.92. The molecule has 0 radical (unpaired) electrons. The highest BCUT2D eigenvalue weighted by molar-refractivity contribution is 6.30. The summed E-state index contributed by atoms with van der Waals surface area (Å²) in [6, 6.07) is 18.7. The highest BCUT2D eigenvalue weighted by Gasteiger charge is 2.09. The maximum atomic E-state index is 10.7. The third kappa shape index (κ3) is 3.77. The maximum absolute atomic E-state index is 10.7. The molecule has 25 heavy (non-hydrogen) atoms. The lowest BCUT2D eigenvalue weighted by Crippen LogP contribution is -1.86. The average molecular weight is 351 g/mol. The first kappa shape index (κ1) is 16.5. The van der Waals surface area contributed by atoms with Gasteiger partial charge < -0.3 is 4.42 Å². The molecule has 3 rings (SSSR count). The topological polar surface area (TPSA) is 80.1 Å². The molecule has 0 spiro atoms. The van der Waals surface area contributed by atoms with Gasteiger partial charge in [0.1, 0.15) is 11.5 Å². The molecule has 0 aliphatic rings. The minimum absolute atomic E-state index is 0.0185. The van der Waals surface area contributed by atoms with Gasteiger partial charge in [-0.25, -0.2) is 0 Å². The molecule has 6 heteroatoms. The third-order valence-electron chi connectivity index (χ3n) is 3.55. The van der Waals surface area contributed by atoms with Crippen LogP contribution in [-0.2, 0) is 0 Å². The van der Waals surface area contributed by atoms with E-state index in [1.165, 1.54) is 12.1 Å². The zero-order valence-electron chi connectivity index (χ0n) is 12.8. The van der Waals surface area contributed by atoms with Gasteiger partial charge in [-0.2, -0.15) is 5.26 Å². The van der Waals surface area contributed by atoms with Crippen molar-refractivity contribution in [2.24, 2.45) is 0 Å². The number of rotatable bonds is 4. The van der Waals surface area contributed by atoms with Crippen molar-refractivity contribution in [3.8, 4) is 17.4 Å². The van der Waals surface area contributed by atoms with Crippen LogP contribution in [0.3, 0.4) is 0 Å². The molecule has 1 heterocycles. The highest BCUT2D eigenvalue weighted by atomic mass is 35.5. The standard InChI is InChI=1S/C19H11ClN2O3/c20-16-5-1-13(2-6-16)15(12-21)11-18-9-10-19(25-18)14-3-7-17(8-4-14)22(23)24/h1-11H/b15-11+. The van der Waals surface area contributed by atoms with Crippen molar-refractivity contribution in [3.63, 3.8) is 0 Å². The monoisotopic (exact) mass is 350 g/mol. The van der Waals surface area contributed by atoms with E-state index in [0.717, 1.165) is 11.1 Å². The smallest absolute Gasteiger partial charge is 0.269 e. The Morgan fingerprint density at radius 2 is 1.76 bits per heavy atom. The van der Waals surface area contributed by atoms with E-state index in [4.69, 9.17) is 16.0 Å². The van der Waals surface area contributed by atoms with E-state index in [0.29, 0.717) is 22.1 Å². The lowest BCUT2D eigenvalue weighted by Gasteiger charge is -1.99. The summed E-state index contributed by atoms with van der Waals surface area (Å²) < 4.78 is 5.72. The van der Waals surface area contributed by atoms with Crippen LogP contribution in [0.15, 0.2) is 65.1 Å². The Bertz CT molecular complexity index is 981. The molecule has 0 aliphatic carbocycles. The molecule has 0 N–H and O–H groups in total. The second-order valence-electron chi connectivity index (χ2n) is 5.18. The van der Waals surface area contributed by atoms with E-state index >= 15 is 0 Å². The maximum Gasteiger partial charge on any atom is 0.269 e. The Hall–Kier alpha value is -3.36. The Morgan fingerprint density at radius 1 is 1.08 bits per heavy atom. The summed E-state index contributed by atoms with van der Waals surface area (Å²) in [5, 5.41) is 20.7. The largest absolute Gasteiger partial charge is 0.457 e. The molecular formula is C19H11ClN2O3. The number of halogens is 1. The predicted octanol–water partition coefficient (Wildman–Crippen LogP) is 5.57. The summed E-state index contributed by atoms with van der Waals surface area (Å²) >= 11 is 5.86. The average Bonchev–Trinajstić information content (AvgIpc) is 3.09. The zero-order valence-corrected chi connectivity index (χ0v) is 13.6. The van der Waals surface area contributed by atoms with E-state index in [9.17, 15) is 15.4 Å². The van der Waals surface area contributed by atoms with Crippen LogP contribution in [0.1, 0.15) is 11.3 Å². The second kappa shape index (κ2) is 7.04. The van der Waals surface area contributed by atoms with E-state index in [1.54, 1.807) is 54.6 Å². The van der Waals surface area contributed by atoms with Crippen molar-refractivity contribution in [2.45, 2.75) is 0 Å². The van der Waals surface area contributed by atoms with Gasteiger partial charge in [-0.1, -0.05) is 23.7 Å². The van der Waals surface area contributed by atoms with Crippen molar-refractivity contribution in [1.82, 2.24) is 0 Å². The number of furan rings is 1. The van der Waals surface area contributed by atoms with Gasteiger partial charge in [0.05, 0.1) is 16.6 Å². The quantitative estimate of drug-likeness (QED) is 0.350. The molecule has 5 nitrogen and oxygen atoms in total. The van der Waals surface area contributed by atoms with Gasteiger partial charge in [0, 0.05) is 22.7 Å². The molecule has 0 aliphatic heterocycles. The predicted molar refractivity (Wildman–Crippen MR) is 95.7 cm³/mol. The normalized spacial score (nSPS) is 11.1. The van der Waals surface area contributed by atoms with Gasteiger partial charge >= 0.3 is 0 Å². The van der Waals surface area contributed by atoms with Crippen LogP contribution in [0.25, 0.3) is 23.0 Å². The lowest BCUT2D eigenvalue weighted by atomic mass is 10.1. The third-order valence-corrected chi connectivity index (χ3v) is 3.80. The highest BCUT2D eigenvalue weighted by Crippen LogP contribution is 2.27. The fourth-order valence-electron chi connectivity index (χ4n) is 2.28. The fraction of sp³-hybridized carbons (Fsp3) is 0. The molecule has 0 saturated carbocycles. The summed E-state index contributed by atoms with van der Waals surface area (Å²) in [4.78, 5) is 10.2. The first-order valence-corrected chi connectivity index (χ1v) is 7.67. The van der Waals surface area contributed by atoms with Crippen molar-refractivity contribution in [1.29, 1.82) is 5.26 Å². The lowest BCUT2D eigenvalue weighted by molar-refractivity contribution is -0.384. The molecule has 2 aromatic carbocycles. The molecular weight excluding hydrogens is 340 g/mol. The Kier molecular flexibility index (Phi) is 4.64. The number of hydrogen-bond acceptors (Lipinski definition) is 4. The number of allylic oxidation sites excluding steroid dienone is 1. The zero-order chi connectivity index (χ0) is 17.8. The molecule has 0 amide bonds. The number of nitriles is 1. The van der Waals surface area contributed by atoms with Gasteiger partial charge in [-0.3, -0.25) is 10.1 Å². The van der Waals surface area contributed by atoms with Crippen LogP contribution in [0.2, 0.25) is 5.02 Å². The van der Waals surface area contributed by atoms with E-state index in [2.05, 4.69) is 6.07 Å². The molecule has 1 aromatic heterocycles. The minimum Gasteiger partial charge on any atom is -0.457 e.